The van der Waals surface area contributed by atoms with Gasteiger partial charge >= 0.3 is 5.97 Å². The maximum Gasteiger partial charge on any atom is 0.327 e. The first-order valence-corrected chi connectivity index (χ1v) is 10.1. The van der Waals surface area contributed by atoms with E-state index in [0.717, 1.165) is 23.7 Å². The SMILES string of the molecule is Cc1ccc(CNC[C@@H]2[C@@H](/C=C\C/C=C/C(=O)O)[C@@H]3C=C[C@H]2CC3)c(Cl)c1. The molecule has 4 heteroatoms. The Kier molecular flexibility index (Phi) is 6.92. The molecule has 0 amide bonds. The van der Waals surface area contributed by atoms with E-state index in [0.29, 0.717) is 30.1 Å². The molecule has 1 aromatic rings. The van der Waals surface area contributed by atoms with Crippen molar-refractivity contribution in [2.24, 2.45) is 23.7 Å². The number of aryl methyl sites for hydroxylation is 1. The fraction of sp³-hybridized carbons (Fsp3) is 0.435. The number of carboxylic acids is 1. The molecule has 0 aliphatic heterocycles. The van der Waals surface area contributed by atoms with E-state index >= 15 is 0 Å². The van der Waals surface area contributed by atoms with Crippen molar-refractivity contribution >= 4 is 17.6 Å². The van der Waals surface area contributed by atoms with Crippen molar-refractivity contribution < 1.29 is 9.90 Å². The third kappa shape index (κ3) is 5.33. The van der Waals surface area contributed by atoms with Crippen LogP contribution in [-0.2, 0) is 11.3 Å². The summed E-state index contributed by atoms with van der Waals surface area (Å²) in [6, 6.07) is 6.22. The molecule has 1 saturated carbocycles. The van der Waals surface area contributed by atoms with Crippen molar-refractivity contribution in [1.82, 2.24) is 5.32 Å². The van der Waals surface area contributed by atoms with Gasteiger partial charge in [-0.15, -0.1) is 0 Å². The minimum absolute atomic E-state index is 0.521. The molecule has 1 aromatic carbocycles. The lowest BCUT2D eigenvalue weighted by Gasteiger charge is -2.44. The van der Waals surface area contributed by atoms with Crippen molar-refractivity contribution in [3.05, 3.63) is 70.8 Å². The van der Waals surface area contributed by atoms with Gasteiger partial charge in [0, 0.05) is 17.6 Å². The van der Waals surface area contributed by atoms with Gasteiger partial charge < -0.3 is 10.4 Å². The number of aliphatic carboxylic acids is 1. The molecule has 0 spiro atoms. The second-order valence-electron chi connectivity index (χ2n) is 7.66. The van der Waals surface area contributed by atoms with Crippen LogP contribution in [0.25, 0.3) is 0 Å². The first-order valence-electron chi connectivity index (χ1n) is 9.75. The van der Waals surface area contributed by atoms with E-state index in [2.05, 4.69) is 48.7 Å². The van der Waals surface area contributed by atoms with Gasteiger partial charge in [-0.2, -0.15) is 0 Å². The van der Waals surface area contributed by atoms with Gasteiger partial charge in [0.1, 0.15) is 0 Å². The van der Waals surface area contributed by atoms with Gasteiger partial charge in [0.2, 0.25) is 0 Å². The number of benzene rings is 1. The number of halogens is 1. The Morgan fingerprint density at radius 2 is 2.04 bits per heavy atom. The molecule has 2 N–H and O–H groups in total. The molecule has 3 nitrogen and oxygen atoms in total. The molecular formula is C23H28ClNO2. The summed E-state index contributed by atoms with van der Waals surface area (Å²) in [6.07, 6.45) is 15.3. The van der Waals surface area contributed by atoms with Gasteiger partial charge in [-0.3, -0.25) is 0 Å². The van der Waals surface area contributed by atoms with E-state index < -0.39 is 5.97 Å². The molecule has 4 rings (SSSR count). The van der Waals surface area contributed by atoms with Crippen LogP contribution in [0.5, 0.6) is 0 Å². The highest BCUT2D eigenvalue weighted by Crippen LogP contribution is 2.45. The van der Waals surface area contributed by atoms with Crippen LogP contribution in [0, 0.1) is 30.6 Å². The zero-order chi connectivity index (χ0) is 19.2. The molecule has 3 aliphatic rings. The quantitative estimate of drug-likeness (QED) is 0.480. The molecule has 2 bridgehead atoms. The smallest absolute Gasteiger partial charge is 0.327 e. The van der Waals surface area contributed by atoms with Crippen molar-refractivity contribution in [2.75, 3.05) is 6.54 Å². The molecule has 0 aromatic heterocycles. The zero-order valence-corrected chi connectivity index (χ0v) is 16.5. The third-order valence-electron chi connectivity index (χ3n) is 5.77. The van der Waals surface area contributed by atoms with E-state index in [1.807, 2.05) is 6.07 Å². The standard InChI is InChI=1S/C23H28ClNO2/c1-16-7-8-19(22(24)13-16)14-25-15-21-18-11-9-17(10-12-18)20(21)5-3-2-4-6-23(26)27/h3-9,11,13,17-18,20-21,25H,2,10,12,14-15H2,1H3,(H,26,27)/b5-3-,6-4+/t17-,18+,20+,21+/m1/s1. The normalized spacial score (nSPS) is 27.0. The predicted octanol–water partition coefficient (Wildman–Crippen LogP) is 5.15. The van der Waals surface area contributed by atoms with Crippen LogP contribution in [-0.4, -0.2) is 17.6 Å². The van der Waals surface area contributed by atoms with E-state index in [4.69, 9.17) is 16.7 Å². The first-order chi connectivity index (χ1) is 13.0. The Bertz CT molecular complexity index is 753. The number of rotatable bonds is 8. The van der Waals surface area contributed by atoms with Crippen molar-refractivity contribution in [3.63, 3.8) is 0 Å². The topological polar surface area (TPSA) is 49.3 Å². The Hall–Kier alpha value is -1.84. The molecule has 27 heavy (non-hydrogen) atoms. The van der Waals surface area contributed by atoms with Crippen LogP contribution in [0.15, 0.2) is 54.7 Å². The summed E-state index contributed by atoms with van der Waals surface area (Å²) < 4.78 is 0. The molecule has 0 heterocycles. The van der Waals surface area contributed by atoms with Crippen molar-refractivity contribution in [3.8, 4) is 0 Å². The summed E-state index contributed by atoms with van der Waals surface area (Å²) in [7, 11) is 0. The molecular weight excluding hydrogens is 358 g/mol. The fourth-order valence-corrected chi connectivity index (χ4v) is 4.67. The Morgan fingerprint density at radius 1 is 1.26 bits per heavy atom. The third-order valence-corrected chi connectivity index (χ3v) is 6.12. The Labute approximate surface area is 166 Å². The van der Waals surface area contributed by atoms with Gasteiger partial charge in [0.15, 0.2) is 0 Å². The molecule has 0 unspecified atom stereocenters. The lowest BCUT2D eigenvalue weighted by Crippen LogP contribution is -2.41. The van der Waals surface area contributed by atoms with Gasteiger partial charge in [-0.05, 0) is 73.6 Å². The fourth-order valence-electron chi connectivity index (χ4n) is 4.37. The second kappa shape index (κ2) is 9.38. The minimum Gasteiger partial charge on any atom is -0.478 e. The highest BCUT2D eigenvalue weighted by Gasteiger charge is 2.38. The molecule has 4 atom stereocenters. The predicted molar refractivity (Wildman–Crippen MR) is 111 cm³/mol. The number of fused-ring (bicyclic) bond motifs is 2. The largest absolute Gasteiger partial charge is 0.478 e. The van der Waals surface area contributed by atoms with Crippen LogP contribution < -0.4 is 5.32 Å². The number of hydrogen-bond acceptors (Lipinski definition) is 2. The molecule has 144 valence electrons. The van der Waals surface area contributed by atoms with Gasteiger partial charge in [0.25, 0.3) is 0 Å². The Balaban J connectivity index is 1.58. The minimum atomic E-state index is -0.889. The maximum absolute atomic E-state index is 10.6. The highest BCUT2D eigenvalue weighted by atomic mass is 35.5. The van der Waals surface area contributed by atoms with Gasteiger partial charge in [-0.1, -0.05) is 54.1 Å². The Morgan fingerprint density at radius 3 is 2.74 bits per heavy atom. The van der Waals surface area contributed by atoms with Crippen molar-refractivity contribution in [1.29, 1.82) is 0 Å². The van der Waals surface area contributed by atoms with Crippen LogP contribution in [0.3, 0.4) is 0 Å². The average Bonchev–Trinajstić information content (AvgIpc) is 2.64. The number of carboxylic acid groups (broad SMARTS) is 1. The number of allylic oxidation sites excluding steroid dienone is 5. The summed E-state index contributed by atoms with van der Waals surface area (Å²) in [6.45, 7) is 3.81. The molecule has 1 fully saturated rings. The second-order valence-corrected chi connectivity index (χ2v) is 8.07. The van der Waals surface area contributed by atoms with E-state index in [-0.39, 0.29) is 0 Å². The van der Waals surface area contributed by atoms with Gasteiger partial charge in [0.05, 0.1) is 0 Å². The van der Waals surface area contributed by atoms with Crippen LogP contribution in [0.4, 0.5) is 0 Å². The van der Waals surface area contributed by atoms with E-state index in [1.54, 1.807) is 6.08 Å². The summed E-state index contributed by atoms with van der Waals surface area (Å²) in [5.41, 5.74) is 2.32. The number of carbonyl (C=O) groups is 1. The molecule has 0 saturated heterocycles. The lowest BCUT2D eigenvalue weighted by molar-refractivity contribution is -0.131. The first kappa shape index (κ1) is 19.9. The maximum atomic E-state index is 10.6. The monoisotopic (exact) mass is 385 g/mol. The van der Waals surface area contributed by atoms with Crippen LogP contribution in [0.1, 0.15) is 30.4 Å². The average molecular weight is 386 g/mol. The zero-order valence-electron chi connectivity index (χ0n) is 15.8. The molecule has 3 aliphatic carbocycles. The van der Waals surface area contributed by atoms with Gasteiger partial charge in [-0.25, -0.2) is 4.79 Å². The number of hydrogen-bond donors (Lipinski definition) is 2. The van der Waals surface area contributed by atoms with Crippen LogP contribution >= 0.6 is 11.6 Å². The van der Waals surface area contributed by atoms with E-state index in [1.165, 1.54) is 24.5 Å². The summed E-state index contributed by atoms with van der Waals surface area (Å²) >= 11 is 6.35. The number of nitrogens with one attached hydrogen (secondary N) is 1. The molecule has 0 radical (unpaired) electrons. The summed E-state index contributed by atoms with van der Waals surface area (Å²) in [5, 5.41) is 13.1. The summed E-state index contributed by atoms with van der Waals surface area (Å²) in [5.74, 6) is 1.44. The van der Waals surface area contributed by atoms with Crippen LogP contribution in [0.2, 0.25) is 5.02 Å². The highest BCUT2D eigenvalue weighted by molar-refractivity contribution is 6.31. The summed E-state index contributed by atoms with van der Waals surface area (Å²) in [4.78, 5) is 10.6. The lowest BCUT2D eigenvalue weighted by atomic mass is 9.62. The van der Waals surface area contributed by atoms with Crippen molar-refractivity contribution in [2.45, 2.75) is 32.7 Å². The van der Waals surface area contributed by atoms with E-state index in [9.17, 15) is 4.79 Å².